The zero-order valence-corrected chi connectivity index (χ0v) is 9.31. The Balaban J connectivity index is 2.06. The highest BCUT2D eigenvalue weighted by Crippen LogP contribution is 2.44. The molecule has 0 unspecified atom stereocenters. The van der Waals surface area contributed by atoms with Crippen LogP contribution in [0.4, 0.5) is 0 Å². The van der Waals surface area contributed by atoms with Crippen LogP contribution in [0.3, 0.4) is 0 Å². The molecule has 1 N–H and O–H groups in total. The van der Waals surface area contributed by atoms with Crippen molar-refractivity contribution < 1.29 is 4.74 Å². The van der Waals surface area contributed by atoms with Crippen molar-refractivity contribution in [1.82, 2.24) is 5.32 Å². The van der Waals surface area contributed by atoms with Gasteiger partial charge in [0, 0.05) is 10.6 Å². The van der Waals surface area contributed by atoms with Gasteiger partial charge in [-0.05, 0) is 37.6 Å². The van der Waals surface area contributed by atoms with Crippen molar-refractivity contribution in [3.63, 3.8) is 0 Å². The molecule has 1 aromatic rings. The summed E-state index contributed by atoms with van der Waals surface area (Å²) in [5.41, 5.74) is 2.46. The molecule has 2 aliphatic rings. The van der Waals surface area contributed by atoms with E-state index < -0.39 is 0 Å². The minimum atomic E-state index is -0.0501. The fourth-order valence-electron chi connectivity index (χ4n) is 2.66. The SMILES string of the molecule is Clc1cccc2c1COC21CCNCC1. The van der Waals surface area contributed by atoms with E-state index in [-0.39, 0.29) is 5.60 Å². The first-order valence-corrected chi connectivity index (χ1v) is 5.82. The molecule has 1 fully saturated rings. The number of fused-ring (bicyclic) bond motifs is 2. The Morgan fingerprint density at radius 1 is 1.27 bits per heavy atom. The van der Waals surface area contributed by atoms with Gasteiger partial charge < -0.3 is 10.1 Å². The Labute approximate surface area is 94.6 Å². The van der Waals surface area contributed by atoms with Crippen LogP contribution < -0.4 is 5.32 Å². The topological polar surface area (TPSA) is 21.3 Å². The van der Waals surface area contributed by atoms with Gasteiger partial charge in [0.1, 0.15) is 0 Å². The van der Waals surface area contributed by atoms with Crippen LogP contribution in [-0.4, -0.2) is 13.1 Å². The average Bonchev–Trinajstić information content (AvgIpc) is 2.61. The molecule has 0 bridgehead atoms. The lowest BCUT2D eigenvalue weighted by Gasteiger charge is -2.33. The third-order valence-electron chi connectivity index (χ3n) is 3.51. The molecule has 2 nitrogen and oxygen atoms in total. The first kappa shape index (κ1) is 9.64. The van der Waals surface area contributed by atoms with Gasteiger partial charge in [-0.1, -0.05) is 23.7 Å². The Hall–Kier alpha value is -0.570. The Morgan fingerprint density at radius 2 is 2.07 bits per heavy atom. The van der Waals surface area contributed by atoms with Gasteiger partial charge >= 0.3 is 0 Å². The van der Waals surface area contributed by atoms with Crippen LogP contribution in [0, 0.1) is 0 Å². The monoisotopic (exact) mass is 223 g/mol. The van der Waals surface area contributed by atoms with Crippen LogP contribution in [0.1, 0.15) is 24.0 Å². The molecule has 3 heteroatoms. The molecular weight excluding hydrogens is 210 g/mol. The summed E-state index contributed by atoms with van der Waals surface area (Å²) in [7, 11) is 0. The van der Waals surface area contributed by atoms with E-state index in [0.717, 1.165) is 31.0 Å². The Morgan fingerprint density at radius 3 is 2.87 bits per heavy atom. The van der Waals surface area contributed by atoms with E-state index >= 15 is 0 Å². The second-order valence-electron chi connectivity index (χ2n) is 4.30. The van der Waals surface area contributed by atoms with Crippen LogP contribution in [0.5, 0.6) is 0 Å². The number of rotatable bonds is 0. The summed E-state index contributed by atoms with van der Waals surface area (Å²) >= 11 is 6.18. The van der Waals surface area contributed by atoms with Gasteiger partial charge in [-0.3, -0.25) is 0 Å². The van der Waals surface area contributed by atoms with Gasteiger partial charge in [-0.15, -0.1) is 0 Å². The smallest absolute Gasteiger partial charge is 0.0964 e. The molecule has 3 rings (SSSR count). The summed E-state index contributed by atoms with van der Waals surface area (Å²) in [6, 6.07) is 6.14. The van der Waals surface area contributed by atoms with Crippen molar-refractivity contribution in [2.75, 3.05) is 13.1 Å². The fraction of sp³-hybridized carbons (Fsp3) is 0.500. The number of hydrogen-bond donors (Lipinski definition) is 1. The third kappa shape index (κ3) is 1.40. The summed E-state index contributed by atoms with van der Waals surface area (Å²) in [5, 5.41) is 4.22. The molecular formula is C12H14ClNO. The summed E-state index contributed by atoms with van der Waals surface area (Å²) in [4.78, 5) is 0. The van der Waals surface area contributed by atoms with E-state index in [1.165, 1.54) is 11.1 Å². The van der Waals surface area contributed by atoms with E-state index in [2.05, 4.69) is 11.4 Å². The highest BCUT2D eigenvalue weighted by Gasteiger charge is 2.41. The van der Waals surface area contributed by atoms with Crippen LogP contribution in [-0.2, 0) is 16.9 Å². The summed E-state index contributed by atoms with van der Waals surface area (Å²) in [5.74, 6) is 0. The largest absolute Gasteiger partial charge is 0.365 e. The first-order chi connectivity index (χ1) is 7.32. The number of piperidine rings is 1. The molecule has 2 heterocycles. The van der Waals surface area contributed by atoms with E-state index in [9.17, 15) is 0 Å². The lowest BCUT2D eigenvalue weighted by atomic mass is 9.84. The quantitative estimate of drug-likeness (QED) is 0.730. The van der Waals surface area contributed by atoms with E-state index in [1.807, 2.05) is 12.1 Å². The summed E-state index contributed by atoms with van der Waals surface area (Å²) in [6.45, 7) is 2.74. The second-order valence-corrected chi connectivity index (χ2v) is 4.71. The molecule has 0 atom stereocenters. The van der Waals surface area contributed by atoms with Crippen molar-refractivity contribution in [2.45, 2.75) is 25.0 Å². The maximum absolute atomic E-state index is 6.18. The van der Waals surface area contributed by atoms with Gasteiger partial charge in [0.2, 0.25) is 0 Å². The Kier molecular flexibility index (Phi) is 2.23. The Bertz CT molecular complexity index is 385. The highest BCUT2D eigenvalue weighted by molar-refractivity contribution is 6.31. The number of benzene rings is 1. The number of ether oxygens (including phenoxy) is 1. The van der Waals surface area contributed by atoms with Gasteiger partial charge in [0.05, 0.1) is 12.2 Å². The zero-order chi connectivity index (χ0) is 10.3. The lowest BCUT2D eigenvalue weighted by Crippen LogP contribution is -2.39. The molecule has 0 amide bonds. The second kappa shape index (κ2) is 3.48. The summed E-state index contributed by atoms with van der Waals surface area (Å²) in [6.07, 6.45) is 2.11. The van der Waals surface area contributed by atoms with Gasteiger partial charge in [0.15, 0.2) is 0 Å². The van der Waals surface area contributed by atoms with Crippen LogP contribution in [0.25, 0.3) is 0 Å². The molecule has 1 saturated heterocycles. The first-order valence-electron chi connectivity index (χ1n) is 5.44. The van der Waals surface area contributed by atoms with Crippen molar-refractivity contribution in [3.05, 3.63) is 34.3 Å². The van der Waals surface area contributed by atoms with Crippen molar-refractivity contribution in [1.29, 1.82) is 0 Å². The van der Waals surface area contributed by atoms with Gasteiger partial charge in [-0.2, -0.15) is 0 Å². The molecule has 2 aliphatic heterocycles. The fourth-order valence-corrected chi connectivity index (χ4v) is 2.89. The van der Waals surface area contributed by atoms with Gasteiger partial charge in [-0.25, -0.2) is 0 Å². The molecule has 80 valence electrons. The summed E-state index contributed by atoms with van der Waals surface area (Å²) < 4.78 is 6.01. The molecule has 0 aliphatic carbocycles. The van der Waals surface area contributed by atoms with Crippen LogP contribution >= 0.6 is 11.6 Å². The van der Waals surface area contributed by atoms with E-state index in [4.69, 9.17) is 16.3 Å². The predicted molar refractivity (Wildman–Crippen MR) is 60.0 cm³/mol. The maximum Gasteiger partial charge on any atom is 0.0964 e. The predicted octanol–water partition coefficient (Wildman–Crippen LogP) is 2.45. The zero-order valence-electron chi connectivity index (χ0n) is 8.55. The number of hydrogen-bond acceptors (Lipinski definition) is 2. The van der Waals surface area contributed by atoms with E-state index in [1.54, 1.807) is 0 Å². The standard InChI is InChI=1S/C12H14ClNO/c13-11-3-1-2-10-9(11)8-15-12(10)4-6-14-7-5-12/h1-3,14H,4-8H2. The minimum absolute atomic E-state index is 0.0501. The van der Waals surface area contributed by atoms with Crippen molar-refractivity contribution >= 4 is 11.6 Å². The van der Waals surface area contributed by atoms with E-state index in [0.29, 0.717) is 6.61 Å². The molecule has 0 radical (unpaired) electrons. The highest BCUT2D eigenvalue weighted by atomic mass is 35.5. The molecule has 1 spiro atoms. The third-order valence-corrected chi connectivity index (χ3v) is 3.87. The molecule has 0 saturated carbocycles. The minimum Gasteiger partial charge on any atom is -0.365 e. The van der Waals surface area contributed by atoms with Crippen LogP contribution in [0.15, 0.2) is 18.2 Å². The lowest BCUT2D eigenvalue weighted by molar-refractivity contribution is -0.0589. The molecule has 1 aromatic carbocycles. The number of halogens is 1. The maximum atomic E-state index is 6.18. The normalized spacial score (nSPS) is 23.0. The average molecular weight is 224 g/mol. The molecule has 15 heavy (non-hydrogen) atoms. The van der Waals surface area contributed by atoms with Crippen molar-refractivity contribution in [2.24, 2.45) is 0 Å². The number of nitrogens with one attached hydrogen (secondary N) is 1. The van der Waals surface area contributed by atoms with Gasteiger partial charge in [0.25, 0.3) is 0 Å². The molecule has 0 aromatic heterocycles. The van der Waals surface area contributed by atoms with Crippen molar-refractivity contribution in [3.8, 4) is 0 Å². The van der Waals surface area contributed by atoms with Crippen LogP contribution in [0.2, 0.25) is 5.02 Å².